The second-order valence-corrected chi connectivity index (χ2v) is 12.2. The van der Waals surface area contributed by atoms with Gasteiger partial charge in [0.2, 0.25) is 0 Å². The third-order valence-corrected chi connectivity index (χ3v) is 8.36. The number of carbonyl (C=O) groups excluding carboxylic acids is 1. The van der Waals surface area contributed by atoms with E-state index in [9.17, 15) is 4.79 Å². The van der Waals surface area contributed by atoms with Gasteiger partial charge < -0.3 is 9.47 Å². The summed E-state index contributed by atoms with van der Waals surface area (Å²) in [6.07, 6.45) is 21.2. The molecule has 234 valence electrons. The van der Waals surface area contributed by atoms with E-state index in [1.807, 2.05) is 48.5 Å². The van der Waals surface area contributed by atoms with Crippen LogP contribution in [0.3, 0.4) is 0 Å². The summed E-state index contributed by atoms with van der Waals surface area (Å²) in [5.41, 5.74) is 5.30. The zero-order chi connectivity index (χ0) is 30.5. The van der Waals surface area contributed by atoms with Gasteiger partial charge in [-0.1, -0.05) is 146 Å². The van der Waals surface area contributed by atoms with Gasteiger partial charge in [0.25, 0.3) is 0 Å². The highest BCUT2D eigenvalue weighted by atomic mass is 16.5. The van der Waals surface area contributed by atoms with Gasteiger partial charge in [-0.25, -0.2) is 4.79 Å². The smallest absolute Gasteiger partial charge is 0.343 e. The van der Waals surface area contributed by atoms with E-state index in [0.717, 1.165) is 24.0 Å². The summed E-state index contributed by atoms with van der Waals surface area (Å²) in [5.74, 6) is 0.202. The lowest BCUT2D eigenvalue weighted by atomic mass is 10.00. The molecule has 3 aromatic rings. The molecule has 0 saturated carbocycles. The third-order valence-electron chi connectivity index (χ3n) is 8.36. The van der Waals surface area contributed by atoms with Crippen LogP contribution in [0.15, 0.2) is 72.8 Å². The zero-order valence-electron chi connectivity index (χ0n) is 27.3. The summed E-state index contributed by atoms with van der Waals surface area (Å²) in [6, 6.07) is 24.2. The number of rotatable bonds is 22. The molecule has 0 bridgehead atoms. The molecule has 0 fully saturated rings. The molecule has 43 heavy (non-hydrogen) atoms. The molecule has 1 atom stereocenters. The van der Waals surface area contributed by atoms with Crippen molar-refractivity contribution in [2.24, 2.45) is 0 Å². The Bertz CT molecular complexity index is 1130. The summed E-state index contributed by atoms with van der Waals surface area (Å²) >= 11 is 0. The van der Waals surface area contributed by atoms with Crippen LogP contribution < -0.4 is 4.74 Å². The minimum absolute atomic E-state index is 0.254. The fourth-order valence-electron chi connectivity index (χ4n) is 5.48. The quantitative estimate of drug-likeness (QED) is 0.0669. The van der Waals surface area contributed by atoms with E-state index in [1.54, 1.807) is 0 Å². The SMILES string of the molecule is CCCCCCCCCCCc1ccc(-c2ccc(C(=O)Oc3ccc(CO[C@@H](C)CCCCCCC)cc3)cc2)cc1. The van der Waals surface area contributed by atoms with Crippen molar-refractivity contribution in [1.82, 2.24) is 0 Å². The number of aryl methyl sites for hydroxylation is 1. The summed E-state index contributed by atoms with van der Waals surface area (Å²) in [7, 11) is 0. The van der Waals surface area contributed by atoms with Gasteiger partial charge >= 0.3 is 5.97 Å². The number of ether oxygens (including phenoxy) is 2. The Balaban J connectivity index is 1.36. The van der Waals surface area contributed by atoms with E-state index in [1.165, 1.54) is 101 Å². The van der Waals surface area contributed by atoms with E-state index in [2.05, 4.69) is 45.0 Å². The lowest BCUT2D eigenvalue weighted by Gasteiger charge is -2.13. The number of unbranched alkanes of at least 4 members (excludes halogenated alkanes) is 12. The number of esters is 1. The average Bonchev–Trinajstić information content (AvgIpc) is 3.04. The van der Waals surface area contributed by atoms with Crippen molar-refractivity contribution in [3.63, 3.8) is 0 Å². The van der Waals surface area contributed by atoms with Crippen LogP contribution in [0, 0.1) is 0 Å². The van der Waals surface area contributed by atoms with E-state index >= 15 is 0 Å². The van der Waals surface area contributed by atoms with E-state index in [-0.39, 0.29) is 12.1 Å². The van der Waals surface area contributed by atoms with Crippen molar-refractivity contribution >= 4 is 5.97 Å². The number of benzene rings is 3. The average molecular weight is 585 g/mol. The van der Waals surface area contributed by atoms with Crippen LogP contribution in [0.2, 0.25) is 0 Å². The van der Waals surface area contributed by atoms with Crippen molar-refractivity contribution in [3.05, 3.63) is 89.5 Å². The second-order valence-electron chi connectivity index (χ2n) is 12.2. The first-order chi connectivity index (χ1) is 21.1. The van der Waals surface area contributed by atoms with Crippen molar-refractivity contribution in [2.75, 3.05) is 0 Å². The summed E-state index contributed by atoms with van der Waals surface area (Å²) in [6.45, 7) is 7.24. The van der Waals surface area contributed by atoms with Crippen LogP contribution >= 0.6 is 0 Å². The van der Waals surface area contributed by atoms with E-state index < -0.39 is 0 Å². The van der Waals surface area contributed by atoms with Gasteiger partial charge in [0.1, 0.15) is 5.75 Å². The number of hydrogen-bond donors (Lipinski definition) is 0. The van der Waals surface area contributed by atoms with Crippen LogP contribution in [0.4, 0.5) is 0 Å². The second kappa shape index (κ2) is 20.9. The topological polar surface area (TPSA) is 35.5 Å². The standard InChI is InChI=1S/C40H56O3/c1-4-6-8-10-11-12-13-15-17-19-34-20-24-36(25-21-34)37-26-28-38(29-27-37)40(41)43-39-30-22-35(23-31-39)32-42-33(3)18-16-14-9-7-5-2/h20-31,33H,4-19,32H2,1-3H3/t33-/m0/s1. The summed E-state index contributed by atoms with van der Waals surface area (Å²) in [5, 5.41) is 0. The minimum atomic E-state index is -0.344. The van der Waals surface area contributed by atoms with Gasteiger partial charge in [0.05, 0.1) is 18.3 Å². The molecule has 3 aromatic carbocycles. The number of carbonyl (C=O) groups is 1. The van der Waals surface area contributed by atoms with Gasteiger partial charge in [0.15, 0.2) is 0 Å². The molecule has 0 aliphatic heterocycles. The van der Waals surface area contributed by atoms with Crippen LogP contribution in [0.25, 0.3) is 11.1 Å². The Hall–Kier alpha value is -2.91. The van der Waals surface area contributed by atoms with Crippen LogP contribution in [0.5, 0.6) is 5.75 Å². The Morgan fingerprint density at radius 1 is 0.581 bits per heavy atom. The summed E-state index contributed by atoms with van der Waals surface area (Å²) < 4.78 is 11.6. The highest BCUT2D eigenvalue weighted by Gasteiger charge is 2.10. The fourth-order valence-corrected chi connectivity index (χ4v) is 5.48. The normalized spacial score (nSPS) is 11.9. The maximum atomic E-state index is 12.8. The highest BCUT2D eigenvalue weighted by molar-refractivity contribution is 5.91. The van der Waals surface area contributed by atoms with Gasteiger partial charge in [-0.3, -0.25) is 0 Å². The Labute approximate surface area is 262 Å². The van der Waals surface area contributed by atoms with Crippen LogP contribution in [-0.2, 0) is 17.8 Å². The molecule has 0 amide bonds. The molecule has 0 unspecified atom stereocenters. The first-order valence-electron chi connectivity index (χ1n) is 17.2. The highest BCUT2D eigenvalue weighted by Crippen LogP contribution is 2.23. The molecular formula is C40H56O3. The maximum Gasteiger partial charge on any atom is 0.343 e. The monoisotopic (exact) mass is 584 g/mol. The Kier molecular flexibility index (Phi) is 16.8. The molecule has 0 aliphatic carbocycles. The molecule has 3 nitrogen and oxygen atoms in total. The predicted octanol–water partition coefficient (Wildman–Crippen LogP) is 11.9. The maximum absolute atomic E-state index is 12.8. The first kappa shape index (κ1) is 34.6. The Morgan fingerprint density at radius 2 is 1.07 bits per heavy atom. The molecule has 0 N–H and O–H groups in total. The Morgan fingerprint density at radius 3 is 1.65 bits per heavy atom. The molecule has 0 aliphatic rings. The van der Waals surface area contributed by atoms with Gasteiger partial charge in [-0.05, 0) is 72.7 Å². The largest absolute Gasteiger partial charge is 0.423 e. The van der Waals surface area contributed by atoms with Crippen molar-refractivity contribution in [2.45, 2.75) is 136 Å². The third kappa shape index (κ3) is 13.9. The molecule has 3 heteroatoms. The molecule has 0 saturated heterocycles. The van der Waals surface area contributed by atoms with E-state index in [4.69, 9.17) is 9.47 Å². The summed E-state index contributed by atoms with van der Waals surface area (Å²) in [4.78, 5) is 12.8. The van der Waals surface area contributed by atoms with Crippen molar-refractivity contribution in [1.29, 1.82) is 0 Å². The van der Waals surface area contributed by atoms with Crippen LogP contribution in [0.1, 0.15) is 139 Å². The molecule has 0 aromatic heterocycles. The molecule has 0 heterocycles. The lowest BCUT2D eigenvalue weighted by molar-refractivity contribution is 0.0458. The molecule has 3 rings (SSSR count). The molecule has 0 spiro atoms. The van der Waals surface area contributed by atoms with Gasteiger partial charge in [0, 0.05) is 0 Å². The lowest BCUT2D eigenvalue weighted by Crippen LogP contribution is -2.09. The van der Waals surface area contributed by atoms with Crippen molar-refractivity contribution in [3.8, 4) is 16.9 Å². The molecular weight excluding hydrogens is 528 g/mol. The van der Waals surface area contributed by atoms with Crippen molar-refractivity contribution < 1.29 is 14.3 Å². The number of hydrogen-bond acceptors (Lipinski definition) is 3. The fraction of sp³-hybridized carbons (Fsp3) is 0.525. The van der Waals surface area contributed by atoms with Gasteiger partial charge in [-0.15, -0.1) is 0 Å². The van der Waals surface area contributed by atoms with Gasteiger partial charge in [-0.2, -0.15) is 0 Å². The van der Waals surface area contributed by atoms with Crippen LogP contribution in [-0.4, -0.2) is 12.1 Å². The zero-order valence-corrected chi connectivity index (χ0v) is 27.3. The predicted molar refractivity (Wildman–Crippen MR) is 182 cm³/mol. The van der Waals surface area contributed by atoms with E-state index in [0.29, 0.717) is 17.9 Å². The molecule has 0 radical (unpaired) electrons. The minimum Gasteiger partial charge on any atom is -0.423 e. The first-order valence-corrected chi connectivity index (χ1v) is 17.2.